The molecule has 0 spiro atoms. The van der Waals surface area contributed by atoms with Gasteiger partial charge in [-0.2, -0.15) is 5.10 Å². The molecule has 102 valence electrons. The number of rotatable bonds is 5. The predicted octanol–water partition coefficient (Wildman–Crippen LogP) is 0.659. The normalized spacial score (nSPS) is 25.0. The molecule has 1 aromatic rings. The van der Waals surface area contributed by atoms with Crippen LogP contribution >= 0.6 is 0 Å². The molecule has 5 nitrogen and oxygen atoms in total. The maximum atomic E-state index is 10.0. The van der Waals surface area contributed by atoms with E-state index in [1.807, 2.05) is 12.4 Å². The van der Waals surface area contributed by atoms with E-state index in [9.17, 15) is 5.11 Å². The highest BCUT2D eigenvalue weighted by molar-refractivity contribution is 5.03. The van der Waals surface area contributed by atoms with Gasteiger partial charge in [0.25, 0.3) is 0 Å². The first kappa shape index (κ1) is 13.5. The molecule has 3 N–H and O–H groups in total. The van der Waals surface area contributed by atoms with Gasteiger partial charge in [-0.1, -0.05) is 19.3 Å². The Bertz CT molecular complexity index is 354. The van der Waals surface area contributed by atoms with Gasteiger partial charge in [0.2, 0.25) is 0 Å². The Kier molecular flexibility index (Phi) is 5.16. The number of aliphatic hydroxyl groups excluding tert-OH is 2. The maximum absolute atomic E-state index is 10.0. The number of hydrogen-bond donors (Lipinski definition) is 3. The first-order valence-electron chi connectivity index (χ1n) is 6.83. The Morgan fingerprint density at radius 3 is 3.00 bits per heavy atom. The van der Waals surface area contributed by atoms with Crippen LogP contribution in [0.4, 0.5) is 0 Å². The van der Waals surface area contributed by atoms with Gasteiger partial charge in [-0.3, -0.25) is 4.68 Å². The zero-order valence-electron chi connectivity index (χ0n) is 10.8. The third kappa shape index (κ3) is 3.80. The quantitative estimate of drug-likeness (QED) is 0.674. The second kappa shape index (κ2) is 6.87. The first-order chi connectivity index (χ1) is 8.79. The van der Waals surface area contributed by atoms with Crippen molar-refractivity contribution in [3.05, 3.63) is 18.0 Å². The molecule has 2 unspecified atom stereocenters. The molecular weight excluding hydrogens is 230 g/mol. The van der Waals surface area contributed by atoms with Crippen LogP contribution in [0.3, 0.4) is 0 Å². The Morgan fingerprint density at radius 2 is 2.17 bits per heavy atom. The standard InChI is InChI=1S/C13H23N3O2/c17-7-6-16-10-11(9-15-16)8-14-12-4-2-1-3-5-13(12)18/h9-10,12-14,17-18H,1-8H2. The fraction of sp³-hybridized carbons (Fsp3) is 0.769. The van der Waals surface area contributed by atoms with E-state index in [0.717, 1.165) is 31.4 Å². The molecular formula is C13H23N3O2. The summed E-state index contributed by atoms with van der Waals surface area (Å²) in [6.07, 6.45) is 9.03. The van der Waals surface area contributed by atoms with Crippen molar-refractivity contribution in [1.82, 2.24) is 15.1 Å². The van der Waals surface area contributed by atoms with E-state index in [1.54, 1.807) is 4.68 Å². The number of hydrogen-bond acceptors (Lipinski definition) is 4. The van der Waals surface area contributed by atoms with Gasteiger partial charge in [0, 0.05) is 24.3 Å². The maximum Gasteiger partial charge on any atom is 0.0693 e. The lowest BCUT2D eigenvalue weighted by molar-refractivity contribution is 0.119. The molecule has 5 heteroatoms. The van der Waals surface area contributed by atoms with Crippen molar-refractivity contribution in [3.8, 4) is 0 Å². The lowest BCUT2D eigenvalue weighted by atomic mass is 10.1. The Hall–Kier alpha value is -0.910. The van der Waals surface area contributed by atoms with E-state index in [4.69, 9.17) is 5.11 Å². The molecule has 2 atom stereocenters. The number of nitrogens with one attached hydrogen (secondary N) is 1. The van der Waals surface area contributed by atoms with Crippen LogP contribution in [0.1, 0.15) is 37.7 Å². The third-order valence-electron chi connectivity index (χ3n) is 3.56. The van der Waals surface area contributed by atoms with Crippen LogP contribution in [-0.2, 0) is 13.1 Å². The van der Waals surface area contributed by atoms with E-state index in [0.29, 0.717) is 6.54 Å². The van der Waals surface area contributed by atoms with E-state index in [-0.39, 0.29) is 18.8 Å². The summed E-state index contributed by atoms with van der Waals surface area (Å²) < 4.78 is 1.74. The molecule has 0 aliphatic heterocycles. The highest BCUT2D eigenvalue weighted by Crippen LogP contribution is 2.18. The predicted molar refractivity (Wildman–Crippen MR) is 69.0 cm³/mol. The lowest BCUT2D eigenvalue weighted by Crippen LogP contribution is -2.38. The summed E-state index contributed by atoms with van der Waals surface area (Å²) in [5.41, 5.74) is 1.10. The lowest BCUT2D eigenvalue weighted by Gasteiger charge is -2.21. The highest BCUT2D eigenvalue weighted by atomic mass is 16.3. The Morgan fingerprint density at radius 1 is 1.33 bits per heavy atom. The third-order valence-corrected chi connectivity index (χ3v) is 3.56. The smallest absolute Gasteiger partial charge is 0.0693 e. The van der Waals surface area contributed by atoms with Crippen molar-refractivity contribution in [2.75, 3.05) is 6.61 Å². The summed E-state index contributed by atoms with van der Waals surface area (Å²) in [7, 11) is 0. The molecule has 2 rings (SSSR count). The molecule has 18 heavy (non-hydrogen) atoms. The number of aliphatic hydroxyl groups is 2. The molecule has 0 radical (unpaired) electrons. The summed E-state index contributed by atoms with van der Waals surface area (Å²) in [5.74, 6) is 0. The molecule has 1 aliphatic rings. The summed E-state index contributed by atoms with van der Waals surface area (Å²) in [6, 6.07) is 0.202. The summed E-state index contributed by atoms with van der Waals surface area (Å²) in [5, 5.41) is 26.4. The molecule has 1 aliphatic carbocycles. The van der Waals surface area contributed by atoms with E-state index in [1.165, 1.54) is 12.8 Å². The number of nitrogens with zero attached hydrogens (tertiary/aromatic N) is 2. The molecule has 0 amide bonds. The van der Waals surface area contributed by atoms with Gasteiger partial charge in [0.15, 0.2) is 0 Å². The highest BCUT2D eigenvalue weighted by Gasteiger charge is 2.20. The van der Waals surface area contributed by atoms with Gasteiger partial charge in [-0.05, 0) is 12.8 Å². The second-order valence-corrected chi connectivity index (χ2v) is 5.03. The van der Waals surface area contributed by atoms with Crippen LogP contribution in [0.5, 0.6) is 0 Å². The van der Waals surface area contributed by atoms with Crippen molar-refractivity contribution in [2.45, 2.75) is 57.3 Å². The van der Waals surface area contributed by atoms with Gasteiger partial charge in [0.1, 0.15) is 0 Å². The van der Waals surface area contributed by atoms with Crippen LogP contribution in [0.2, 0.25) is 0 Å². The van der Waals surface area contributed by atoms with E-state index in [2.05, 4.69) is 10.4 Å². The van der Waals surface area contributed by atoms with Crippen molar-refractivity contribution in [2.24, 2.45) is 0 Å². The van der Waals surface area contributed by atoms with Crippen molar-refractivity contribution in [1.29, 1.82) is 0 Å². The van der Waals surface area contributed by atoms with Crippen LogP contribution in [0.25, 0.3) is 0 Å². The van der Waals surface area contributed by atoms with Gasteiger partial charge in [-0.15, -0.1) is 0 Å². The SMILES string of the molecule is OCCn1cc(CNC2CCCCCC2O)cn1. The minimum atomic E-state index is -0.222. The zero-order valence-corrected chi connectivity index (χ0v) is 10.8. The molecule has 0 aromatic carbocycles. The largest absolute Gasteiger partial charge is 0.394 e. The topological polar surface area (TPSA) is 70.3 Å². The van der Waals surface area contributed by atoms with Gasteiger partial charge in [0.05, 0.1) is 25.5 Å². The molecule has 1 fully saturated rings. The average molecular weight is 253 g/mol. The van der Waals surface area contributed by atoms with Crippen molar-refractivity contribution >= 4 is 0 Å². The molecule has 1 heterocycles. The number of aromatic nitrogens is 2. The van der Waals surface area contributed by atoms with Crippen molar-refractivity contribution < 1.29 is 10.2 Å². The molecule has 1 aromatic heterocycles. The van der Waals surface area contributed by atoms with Crippen LogP contribution in [0, 0.1) is 0 Å². The fourth-order valence-corrected chi connectivity index (χ4v) is 2.50. The minimum absolute atomic E-state index is 0.107. The summed E-state index contributed by atoms with van der Waals surface area (Å²) >= 11 is 0. The Labute approximate surface area is 108 Å². The van der Waals surface area contributed by atoms with Crippen molar-refractivity contribution in [3.63, 3.8) is 0 Å². The zero-order chi connectivity index (χ0) is 12.8. The van der Waals surface area contributed by atoms with Crippen LogP contribution in [0.15, 0.2) is 12.4 Å². The molecule has 1 saturated carbocycles. The van der Waals surface area contributed by atoms with Gasteiger partial charge in [-0.25, -0.2) is 0 Å². The van der Waals surface area contributed by atoms with Crippen LogP contribution < -0.4 is 5.32 Å². The fourth-order valence-electron chi connectivity index (χ4n) is 2.50. The first-order valence-corrected chi connectivity index (χ1v) is 6.83. The van der Waals surface area contributed by atoms with Gasteiger partial charge >= 0.3 is 0 Å². The molecule has 0 bridgehead atoms. The summed E-state index contributed by atoms with van der Waals surface area (Å²) in [6.45, 7) is 1.37. The second-order valence-electron chi connectivity index (χ2n) is 5.03. The van der Waals surface area contributed by atoms with Crippen LogP contribution in [-0.4, -0.2) is 38.7 Å². The monoisotopic (exact) mass is 253 g/mol. The summed E-state index contributed by atoms with van der Waals surface area (Å²) in [4.78, 5) is 0. The Balaban J connectivity index is 1.81. The van der Waals surface area contributed by atoms with E-state index < -0.39 is 0 Å². The van der Waals surface area contributed by atoms with E-state index >= 15 is 0 Å². The average Bonchev–Trinajstić information content (AvgIpc) is 2.70. The van der Waals surface area contributed by atoms with Gasteiger partial charge < -0.3 is 15.5 Å². The minimum Gasteiger partial charge on any atom is -0.394 e. The molecule has 0 saturated heterocycles.